The highest BCUT2D eigenvalue weighted by Crippen LogP contribution is 2.16. The van der Waals surface area contributed by atoms with Gasteiger partial charge in [0.25, 0.3) is 0 Å². The molecule has 0 aliphatic rings. The molecule has 0 saturated heterocycles. The number of rotatable bonds is 4. The van der Waals surface area contributed by atoms with Crippen LogP contribution in [0.1, 0.15) is 0 Å². The number of hydrogen-bond donors (Lipinski definition) is 1. The van der Waals surface area contributed by atoms with E-state index in [0.717, 1.165) is 17.6 Å². The van der Waals surface area contributed by atoms with E-state index in [1.807, 2.05) is 7.05 Å². The number of likely N-dealkylation sites (N-methyl/N-ethyl adjacent to an activating group) is 2. The number of halogens is 1. The molecular formula is C10H15BrN2. The van der Waals surface area contributed by atoms with Crippen molar-refractivity contribution in [1.82, 2.24) is 5.32 Å². The first-order valence-electron chi connectivity index (χ1n) is 4.35. The van der Waals surface area contributed by atoms with Crippen LogP contribution < -0.4 is 10.2 Å². The van der Waals surface area contributed by atoms with Gasteiger partial charge < -0.3 is 10.2 Å². The number of benzene rings is 1. The Bertz CT molecular complexity index is 246. The lowest BCUT2D eigenvalue weighted by Crippen LogP contribution is -2.26. The van der Waals surface area contributed by atoms with Crippen molar-refractivity contribution in [2.24, 2.45) is 0 Å². The van der Waals surface area contributed by atoms with E-state index in [-0.39, 0.29) is 0 Å². The van der Waals surface area contributed by atoms with Crippen LogP contribution in [0.15, 0.2) is 28.7 Å². The first kappa shape index (κ1) is 10.5. The van der Waals surface area contributed by atoms with Gasteiger partial charge in [-0.3, -0.25) is 0 Å². The third-order valence-electron chi connectivity index (χ3n) is 1.96. The molecule has 1 N–H and O–H groups in total. The van der Waals surface area contributed by atoms with E-state index in [9.17, 15) is 0 Å². The highest BCUT2D eigenvalue weighted by atomic mass is 79.9. The molecule has 0 atom stereocenters. The van der Waals surface area contributed by atoms with E-state index < -0.39 is 0 Å². The lowest BCUT2D eigenvalue weighted by atomic mass is 10.3. The van der Waals surface area contributed by atoms with Crippen LogP contribution in [-0.2, 0) is 0 Å². The Hall–Kier alpha value is -0.540. The smallest absolute Gasteiger partial charge is 0.0364 e. The number of nitrogens with one attached hydrogen (secondary N) is 1. The average molecular weight is 243 g/mol. The number of hydrogen-bond acceptors (Lipinski definition) is 2. The summed E-state index contributed by atoms with van der Waals surface area (Å²) in [6.45, 7) is 2.03. The Kier molecular flexibility index (Phi) is 4.25. The summed E-state index contributed by atoms with van der Waals surface area (Å²) >= 11 is 3.42. The minimum absolute atomic E-state index is 1.01. The van der Waals surface area contributed by atoms with Gasteiger partial charge in [-0.1, -0.05) is 15.9 Å². The molecule has 0 aliphatic heterocycles. The Morgan fingerprint density at radius 1 is 1.31 bits per heavy atom. The summed E-state index contributed by atoms with van der Waals surface area (Å²) in [6.07, 6.45) is 0. The van der Waals surface area contributed by atoms with E-state index in [1.165, 1.54) is 5.69 Å². The van der Waals surface area contributed by atoms with E-state index in [4.69, 9.17) is 0 Å². The third-order valence-corrected chi connectivity index (χ3v) is 2.49. The fourth-order valence-electron chi connectivity index (χ4n) is 1.10. The molecule has 0 aromatic heterocycles. The van der Waals surface area contributed by atoms with Gasteiger partial charge in [0.15, 0.2) is 0 Å². The summed E-state index contributed by atoms with van der Waals surface area (Å²) < 4.78 is 1.12. The van der Waals surface area contributed by atoms with Gasteiger partial charge in [-0.05, 0) is 31.3 Å². The molecule has 0 heterocycles. The fraction of sp³-hybridized carbons (Fsp3) is 0.400. The Morgan fingerprint density at radius 2 is 1.92 bits per heavy atom. The van der Waals surface area contributed by atoms with Gasteiger partial charge >= 0.3 is 0 Å². The quantitative estimate of drug-likeness (QED) is 0.871. The Morgan fingerprint density at radius 3 is 2.46 bits per heavy atom. The first-order valence-corrected chi connectivity index (χ1v) is 5.14. The predicted octanol–water partition coefficient (Wildman–Crippen LogP) is 2.10. The normalized spacial score (nSPS) is 10.1. The molecule has 3 heteroatoms. The molecule has 2 nitrogen and oxygen atoms in total. The summed E-state index contributed by atoms with van der Waals surface area (Å²) in [5, 5.41) is 3.13. The van der Waals surface area contributed by atoms with Crippen molar-refractivity contribution in [3.05, 3.63) is 28.7 Å². The maximum absolute atomic E-state index is 3.42. The first-order chi connectivity index (χ1) is 6.24. The van der Waals surface area contributed by atoms with Crippen molar-refractivity contribution < 1.29 is 0 Å². The lowest BCUT2D eigenvalue weighted by Gasteiger charge is -2.18. The average Bonchev–Trinajstić information content (AvgIpc) is 2.15. The van der Waals surface area contributed by atoms with E-state index >= 15 is 0 Å². The molecule has 0 bridgehead atoms. The molecule has 0 radical (unpaired) electrons. The van der Waals surface area contributed by atoms with E-state index in [2.05, 4.69) is 57.5 Å². The van der Waals surface area contributed by atoms with Gasteiger partial charge in [-0.15, -0.1) is 0 Å². The van der Waals surface area contributed by atoms with Crippen molar-refractivity contribution in [2.45, 2.75) is 0 Å². The fourth-order valence-corrected chi connectivity index (χ4v) is 1.37. The van der Waals surface area contributed by atoms with Crippen LogP contribution in [0, 0.1) is 0 Å². The van der Waals surface area contributed by atoms with Crippen LogP contribution in [0.5, 0.6) is 0 Å². The standard InChI is InChI=1S/C10H15BrN2/c1-12-7-8-13(2)10-5-3-9(11)4-6-10/h3-6,12H,7-8H2,1-2H3. The van der Waals surface area contributed by atoms with Gasteiger partial charge in [-0.25, -0.2) is 0 Å². The molecule has 13 heavy (non-hydrogen) atoms. The molecule has 0 fully saturated rings. The van der Waals surface area contributed by atoms with Crippen LogP contribution in [0.3, 0.4) is 0 Å². The van der Waals surface area contributed by atoms with Crippen molar-refractivity contribution in [3.63, 3.8) is 0 Å². The van der Waals surface area contributed by atoms with Crippen molar-refractivity contribution in [3.8, 4) is 0 Å². The van der Waals surface area contributed by atoms with E-state index in [0.29, 0.717) is 0 Å². The SMILES string of the molecule is CNCCN(C)c1ccc(Br)cc1. The zero-order valence-corrected chi connectivity index (χ0v) is 9.63. The van der Waals surface area contributed by atoms with Crippen molar-refractivity contribution in [1.29, 1.82) is 0 Å². The van der Waals surface area contributed by atoms with Crippen LogP contribution in [0.4, 0.5) is 5.69 Å². The lowest BCUT2D eigenvalue weighted by molar-refractivity contribution is 0.768. The maximum Gasteiger partial charge on any atom is 0.0364 e. The van der Waals surface area contributed by atoms with Crippen LogP contribution >= 0.6 is 15.9 Å². The topological polar surface area (TPSA) is 15.3 Å². The van der Waals surface area contributed by atoms with Crippen molar-refractivity contribution >= 4 is 21.6 Å². The van der Waals surface area contributed by atoms with Crippen LogP contribution in [0.25, 0.3) is 0 Å². The van der Waals surface area contributed by atoms with Gasteiger partial charge in [0.05, 0.1) is 0 Å². The highest BCUT2D eigenvalue weighted by Gasteiger charge is 1.98. The molecule has 0 aliphatic carbocycles. The summed E-state index contributed by atoms with van der Waals surface area (Å²) in [6, 6.07) is 8.34. The molecule has 0 amide bonds. The zero-order chi connectivity index (χ0) is 9.68. The molecule has 0 saturated carbocycles. The van der Waals surface area contributed by atoms with Gasteiger partial charge in [-0.2, -0.15) is 0 Å². The molecule has 1 aromatic carbocycles. The zero-order valence-electron chi connectivity index (χ0n) is 8.05. The van der Waals surface area contributed by atoms with Crippen LogP contribution in [-0.4, -0.2) is 27.2 Å². The molecular weight excluding hydrogens is 228 g/mol. The largest absolute Gasteiger partial charge is 0.373 e. The minimum atomic E-state index is 1.01. The van der Waals surface area contributed by atoms with Gasteiger partial charge in [0.1, 0.15) is 0 Å². The minimum Gasteiger partial charge on any atom is -0.373 e. The molecule has 0 spiro atoms. The second-order valence-corrected chi connectivity index (χ2v) is 3.92. The summed E-state index contributed by atoms with van der Waals surface area (Å²) in [5.74, 6) is 0. The van der Waals surface area contributed by atoms with Crippen LogP contribution in [0.2, 0.25) is 0 Å². The number of nitrogens with zero attached hydrogens (tertiary/aromatic N) is 1. The molecule has 0 unspecified atom stereocenters. The number of anilines is 1. The monoisotopic (exact) mass is 242 g/mol. The Labute approximate surface area is 88.1 Å². The third kappa shape index (κ3) is 3.36. The summed E-state index contributed by atoms with van der Waals surface area (Å²) in [7, 11) is 4.07. The van der Waals surface area contributed by atoms with Gasteiger partial charge in [0.2, 0.25) is 0 Å². The molecule has 72 valence electrons. The Balaban J connectivity index is 2.55. The second-order valence-electron chi connectivity index (χ2n) is 3.00. The molecule has 1 rings (SSSR count). The van der Waals surface area contributed by atoms with Gasteiger partial charge in [0, 0.05) is 30.3 Å². The summed E-state index contributed by atoms with van der Waals surface area (Å²) in [4.78, 5) is 2.23. The van der Waals surface area contributed by atoms with Crippen molar-refractivity contribution in [2.75, 3.05) is 32.1 Å². The second kappa shape index (κ2) is 5.25. The molecule has 1 aromatic rings. The van der Waals surface area contributed by atoms with E-state index in [1.54, 1.807) is 0 Å². The summed E-state index contributed by atoms with van der Waals surface area (Å²) in [5.41, 5.74) is 1.25. The maximum atomic E-state index is 3.42. The predicted molar refractivity (Wildman–Crippen MR) is 61.3 cm³/mol. The highest BCUT2D eigenvalue weighted by molar-refractivity contribution is 9.10.